The Kier molecular flexibility index (Phi) is 10.1. The minimum Gasteiger partial charge on any atom is -0.484 e. The van der Waals surface area contributed by atoms with Crippen molar-refractivity contribution in [3.63, 3.8) is 0 Å². The summed E-state index contributed by atoms with van der Waals surface area (Å²) in [5, 5.41) is 0.559. The van der Waals surface area contributed by atoms with E-state index in [1.807, 2.05) is 0 Å². The molecule has 0 atom stereocenters. The maximum Gasteiger partial charge on any atom is 0.260 e. The van der Waals surface area contributed by atoms with Crippen molar-refractivity contribution >= 4 is 29.1 Å². The highest BCUT2D eigenvalue weighted by atomic mass is 35.5. The summed E-state index contributed by atoms with van der Waals surface area (Å²) >= 11 is 5.91. The van der Waals surface area contributed by atoms with Crippen LogP contribution in [0.3, 0.4) is 0 Å². The predicted octanol–water partition coefficient (Wildman–Crippen LogP) is 5.27. The number of fused-ring (bicyclic) bond motifs is 1. The lowest BCUT2D eigenvalue weighted by molar-refractivity contribution is -0.134. The summed E-state index contributed by atoms with van der Waals surface area (Å²) in [5.74, 6) is -2.01. The topological polar surface area (TPSA) is 53.1 Å². The first kappa shape index (κ1) is 27.9. The third-order valence-corrected chi connectivity index (χ3v) is 6.59. The van der Waals surface area contributed by atoms with E-state index in [4.69, 9.17) is 16.3 Å². The molecule has 2 amide bonds. The molecule has 3 rings (SSSR count). The van der Waals surface area contributed by atoms with Crippen molar-refractivity contribution in [1.29, 1.82) is 0 Å². The van der Waals surface area contributed by atoms with E-state index in [2.05, 4.69) is 18.7 Å². The first-order valence-electron chi connectivity index (χ1n) is 12.4. The molecule has 1 aliphatic rings. The Balaban J connectivity index is 1.92. The van der Waals surface area contributed by atoms with E-state index in [-0.39, 0.29) is 31.4 Å². The second-order valence-electron chi connectivity index (χ2n) is 9.19. The average molecular weight is 522 g/mol. The molecule has 0 fully saturated rings. The summed E-state index contributed by atoms with van der Waals surface area (Å²) in [7, 11) is 0. The molecule has 9 heteroatoms. The highest BCUT2D eigenvalue weighted by molar-refractivity contribution is 6.30. The van der Waals surface area contributed by atoms with Gasteiger partial charge in [0.1, 0.15) is 5.75 Å². The number of benzene rings is 2. The average Bonchev–Trinajstić information content (AvgIpc) is 2.85. The summed E-state index contributed by atoms with van der Waals surface area (Å²) in [5.41, 5.74) is 0.686. The predicted molar refractivity (Wildman–Crippen MR) is 137 cm³/mol. The maximum absolute atomic E-state index is 14.3. The van der Waals surface area contributed by atoms with E-state index in [0.717, 1.165) is 25.2 Å². The molecule has 0 unspecified atom stereocenters. The van der Waals surface area contributed by atoms with Gasteiger partial charge in [0.25, 0.3) is 5.91 Å². The van der Waals surface area contributed by atoms with Gasteiger partial charge in [-0.3, -0.25) is 9.59 Å². The monoisotopic (exact) mass is 521 g/mol. The molecule has 196 valence electrons. The lowest BCUT2D eigenvalue weighted by Crippen LogP contribution is -2.41. The van der Waals surface area contributed by atoms with Gasteiger partial charge in [-0.05, 0) is 62.6 Å². The number of ether oxygens (including phenoxy) is 1. The molecular weight excluding hydrogens is 488 g/mol. The molecular formula is C27H34ClF2N3O3. The van der Waals surface area contributed by atoms with Crippen LogP contribution in [0.2, 0.25) is 5.02 Å². The van der Waals surface area contributed by atoms with Gasteiger partial charge in [-0.1, -0.05) is 18.5 Å². The van der Waals surface area contributed by atoms with Crippen molar-refractivity contribution in [2.75, 3.05) is 37.7 Å². The zero-order valence-electron chi connectivity index (χ0n) is 21.1. The van der Waals surface area contributed by atoms with E-state index in [0.29, 0.717) is 54.0 Å². The van der Waals surface area contributed by atoms with Gasteiger partial charge in [-0.15, -0.1) is 0 Å². The number of hydrogen-bond donors (Lipinski definition) is 0. The minimum atomic E-state index is -1.03. The zero-order valence-corrected chi connectivity index (χ0v) is 21.9. The molecule has 0 N–H and O–H groups in total. The lowest BCUT2D eigenvalue weighted by atomic mass is 10.1. The smallest absolute Gasteiger partial charge is 0.260 e. The third kappa shape index (κ3) is 7.40. The minimum absolute atomic E-state index is 0.0323. The normalized spacial score (nSPS) is 15.8. The molecule has 0 spiro atoms. The summed E-state index contributed by atoms with van der Waals surface area (Å²) in [6.45, 7) is 8.07. The Morgan fingerprint density at radius 1 is 0.972 bits per heavy atom. The molecule has 2 aromatic rings. The van der Waals surface area contributed by atoms with Crippen LogP contribution in [0.4, 0.5) is 14.5 Å². The highest BCUT2D eigenvalue weighted by Gasteiger charge is 2.25. The van der Waals surface area contributed by atoms with Gasteiger partial charge < -0.3 is 19.4 Å². The van der Waals surface area contributed by atoms with E-state index < -0.39 is 11.6 Å². The highest BCUT2D eigenvalue weighted by Crippen LogP contribution is 2.27. The Morgan fingerprint density at radius 2 is 1.61 bits per heavy atom. The molecule has 0 saturated heterocycles. The number of carbonyl (C=O) groups is 2. The van der Waals surface area contributed by atoms with Crippen molar-refractivity contribution < 1.29 is 23.1 Å². The van der Waals surface area contributed by atoms with Crippen LogP contribution in [0.5, 0.6) is 5.75 Å². The van der Waals surface area contributed by atoms with Crippen molar-refractivity contribution in [2.24, 2.45) is 0 Å². The Labute approximate surface area is 216 Å². The summed E-state index contributed by atoms with van der Waals surface area (Å²) in [6.07, 6.45) is 1.63. The van der Waals surface area contributed by atoms with Gasteiger partial charge in [0, 0.05) is 56.3 Å². The molecule has 6 nitrogen and oxygen atoms in total. The largest absolute Gasteiger partial charge is 0.484 e. The molecule has 36 heavy (non-hydrogen) atoms. The Morgan fingerprint density at radius 3 is 2.25 bits per heavy atom. The van der Waals surface area contributed by atoms with Crippen LogP contribution in [-0.2, 0) is 16.1 Å². The number of halogens is 3. The van der Waals surface area contributed by atoms with Gasteiger partial charge in [0.05, 0.1) is 5.69 Å². The standard InChI is InChI=1S/C27H34ClF2N3O3/c1-4-26(34)33-14-6-12-31(19(2)3)11-5-13-32(17-20-15-23(29)24(30)16-25(20)33)27(35)18-36-22-9-7-21(28)8-10-22/h7-10,15-16,19H,4-6,11-14,17-18H2,1-3H3. The molecule has 0 aliphatic carbocycles. The van der Waals surface area contributed by atoms with E-state index in [1.165, 1.54) is 4.90 Å². The fourth-order valence-corrected chi connectivity index (χ4v) is 4.44. The van der Waals surface area contributed by atoms with Crippen LogP contribution in [0.15, 0.2) is 36.4 Å². The van der Waals surface area contributed by atoms with Crippen molar-refractivity contribution in [3.8, 4) is 5.75 Å². The fraction of sp³-hybridized carbons (Fsp3) is 0.481. The summed E-state index contributed by atoms with van der Waals surface area (Å²) < 4.78 is 34.3. The van der Waals surface area contributed by atoms with Gasteiger partial charge >= 0.3 is 0 Å². The van der Waals surface area contributed by atoms with Gasteiger partial charge in [-0.2, -0.15) is 0 Å². The molecule has 0 bridgehead atoms. The van der Waals surface area contributed by atoms with Crippen LogP contribution in [0, 0.1) is 11.6 Å². The third-order valence-electron chi connectivity index (χ3n) is 6.34. The maximum atomic E-state index is 14.3. The second-order valence-corrected chi connectivity index (χ2v) is 9.63. The number of nitrogens with zero attached hydrogens (tertiary/aromatic N) is 3. The van der Waals surface area contributed by atoms with Crippen LogP contribution in [0.25, 0.3) is 0 Å². The van der Waals surface area contributed by atoms with E-state index in [1.54, 1.807) is 36.1 Å². The van der Waals surface area contributed by atoms with Crippen LogP contribution >= 0.6 is 11.6 Å². The molecule has 1 aliphatic heterocycles. The Bertz CT molecular complexity index is 1050. The summed E-state index contributed by atoms with van der Waals surface area (Å²) in [4.78, 5) is 31.5. The zero-order chi connectivity index (χ0) is 26.2. The van der Waals surface area contributed by atoms with Gasteiger partial charge in [0.2, 0.25) is 5.91 Å². The van der Waals surface area contributed by atoms with Crippen LogP contribution in [0.1, 0.15) is 45.6 Å². The number of hydrogen-bond acceptors (Lipinski definition) is 4. The lowest BCUT2D eigenvalue weighted by Gasteiger charge is -2.33. The van der Waals surface area contributed by atoms with Crippen LogP contribution < -0.4 is 9.64 Å². The molecule has 1 heterocycles. The van der Waals surface area contributed by atoms with E-state index >= 15 is 0 Å². The number of rotatable bonds is 5. The van der Waals surface area contributed by atoms with Crippen LogP contribution in [-0.4, -0.2) is 60.4 Å². The molecule has 0 saturated carbocycles. The number of carbonyl (C=O) groups excluding carboxylic acids is 2. The first-order valence-corrected chi connectivity index (χ1v) is 12.8. The van der Waals surface area contributed by atoms with Crippen molar-refractivity contribution in [3.05, 3.63) is 58.6 Å². The quantitative estimate of drug-likeness (QED) is 0.537. The van der Waals surface area contributed by atoms with E-state index in [9.17, 15) is 18.4 Å². The molecule has 0 radical (unpaired) electrons. The fourth-order valence-electron chi connectivity index (χ4n) is 4.32. The van der Waals surface area contributed by atoms with Gasteiger partial charge in [0.15, 0.2) is 18.2 Å². The van der Waals surface area contributed by atoms with Crippen molar-refractivity contribution in [2.45, 2.75) is 52.6 Å². The SMILES string of the molecule is CCC(=O)N1CCCN(C(C)C)CCCN(C(=O)COc2ccc(Cl)cc2)Cc2cc(F)c(F)cc21. The summed E-state index contributed by atoms with van der Waals surface area (Å²) in [6, 6.07) is 9.14. The van der Waals surface area contributed by atoms with Gasteiger partial charge in [-0.25, -0.2) is 8.78 Å². The molecule has 2 aromatic carbocycles. The Hall–Kier alpha value is -2.71. The molecule has 0 aromatic heterocycles. The second kappa shape index (κ2) is 13.0. The number of amides is 2. The number of anilines is 1. The van der Waals surface area contributed by atoms with Crippen molar-refractivity contribution in [1.82, 2.24) is 9.80 Å². The first-order chi connectivity index (χ1) is 17.2.